The molecule has 27 heavy (non-hydrogen) atoms. The highest BCUT2D eigenvalue weighted by atomic mass is 32.2. The van der Waals surface area contributed by atoms with Gasteiger partial charge < -0.3 is 10.8 Å². The van der Waals surface area contributed by atoms with E-state index >= 15 is 0 Å². The molecule has 2 aromatic rings. The minimum Gasteiger partial charge on any atom is -0.508 e. The van der Waals surface area contributed by atoms with Crippen LogP contribution in [0.4, 0.5) is 5.69 Å². The van der Waals surface area contributed by atoms with Gasteiger partial charge in [-0.05, 0) is 48.4 Å². The van der Waals surface area contributed by atoms with Gasteiger partial charge in [-0.15, -0.1) is 5.10 Å². The second kappa shape index (κ2) is 8.05. The zero-order valence-corrected chi connectivity index (χ0v) is 15.4. The molecule has 1 fully saturated rings. The number of anilines is 1. The summed E-state index contributed by atoms with van der Waals surface area (Å²) in [4.78, 5) is 26.2. The van der Waals surface area contributed by atoms with Crippen molar-refractivity contribution in [2.45, 2.75) is 18.6 Å². The fourth-order valence-corrected chi connectivity index (χ4v) is 3.46. The molecule has 3 N–H and O–H groups in total. The largest absolute Gasteiger partial charge is 0.508 e. The molecule has 0 unspecified atom stereocenters. The van der Waals surface area contributed by atoms with Crippen molar-refractivity contribution in [2.75, 3.05) is 4.90 Å². The summed E-state index contributed by atoms with van der Waals surface area (Å²) < 4.78 is 0. The Hall–Kier alpha value is -3.13. The van der Waals surface area contributed by atoms with Gasteiger partial charge in [0.2, 0.25) is 11.8 Å². The predicted molar refractivity (Wildman–Crippen MR) is 107 cm³/mol. The lowest BCUT2D eigenvalue weighted by atomic mass is 10.2. The summed E-state index contributed by atoms with van der Waals surface area (Å²) in [6.07, 6.45) is 1.55. The maximum atomic E-state index is 12.6. The molecule has 138 valence electrons. The summed E-state index contributed by atoms with van der Waals surface area (Å²) >= 11 is 1.02. The number of benzene rings is 2. The van der Waals surface area contributed by atoms with Crippen LogP contribution in [0.5, 0.6) is 5.75 Å². The van der Waals surface area contributed by atoms with Gasteiger partial charge in [-0.2, -0.15) is 5.10 Å². The van der Waals surface area contributed by atoms with Crippen molar-refractivity contribution in [2.24, 2.45) is 15.9 Å². The van der Waals surface area contributed by atoms with Crippen molar-refractivity contribution in [1.29, 1.82) is 0 Å². The highest BCUT2D eigenvalue weighted by Crippen LogP contribution is 2.31. The third-order valence-electron chi connectivity index (χ3n) is 3.98. The van der Waals surface area contributed by atoms with Gasteiger partial charge in [0.1, 0.15) is 11.0 Å². The number of carbonyl (C=O) groups is 2. The zero-order valence-electron chi connectivity index (χ0n) is 14.6. The Morgan fingerprint density at radius 1 is 1.22 bits per heavy atom. The van der Waals surface area contributed by atoms with Gasteiger partial charge in [-0.3, -0.25) is 9.59 Å². The molecule has 0 radical (unpaired) electrons. The summed E-state index contributed by atoms with van der Waals surface area (Å²) in [6, 6.07) is 13.7. The minimum atomic E-state index is -0.621. The van der Waals surface area contributed by atoms with E-state index in [1.807, 2.05) is 19.1 Å². The molecular weight excluding hydrogens is 364 g/mol. The Morgan fingerprint density at radius 2 is 1.93 bits per heavy atom. The monoisotopic (exact) mass is 382 g/mol. The van der Waals surface area contributed by atoms with Crippen molar-refractivity contribution < 1.29 is 14.7 Å². The van der Waals surface area contributed by atoms with Crippen LogP contribution < -0.4 is 10.6 Å². The molecule has 8 heteroatoms. The summed E-state index contributed by atoms with van der Waals surface area (Å²) in [5.41, 5.74) is 8.03. The average Bonchev–Trinajstić information content (AvgIpc) is 2.91. The molecule has 2 amide bonds. The predicted octanol–water partition coefficient (Wildman–Crippen LogP) is 2.41. The van der Waals surface area contributed by atoms with Crippen LogP contribution in [-0.4, -0.2) is 33.6 Å². The van der Waals surface area contributed by atoms with Crippen LogP contribution in [-0.2, 0) is 9.59 Å². The molecule has 1 heterocycles. The summed E-state index contributed by atoms with van der Waals surface area (Å²) in [5.74, 6) is -0.402. The van der Waals surface area contributed by atoms with Gasteiger partial charge in [0.15, 0.2) is 5.17 Å². The molecular formula is C19H18N4O3S. The van der Waals surface area contributed by atoms with Crippen LogP contribution in [0.2, 0.25) is 0 Å². The second-order valence-corrected chi connectivity index (χ2v) is 7.16. The van der Waals surface area contributed by atoms with Crippen molar-refractivity contribution in [1.82, 2.24) is 0 Å². The molecule has 0 aromatic heterocycles. The molecule has 0 spiro atoms. The SMILES string of the molecule is Cc1ccccc1N1C(=O)C[C@@H](SC(N)=NN=Cc2ccc(O)cc2)C1=O. The first-order valence-electron chi connectivity index (χ1n) is 8.20. The number of rotatable bonds is 4. The number of hydrogen-bond donors (Lipinski definition) is 2. The number of para-hydroxylation sites is 1. The van der Waals surface area contributed by atoms with Crippen LogP contribution in [0, 0.1) is 6.92 Å². The first kappa shape index (κ1) is 18.7. The van der Waals surface area contributed by atoms with Crippen LogP contribution in [0.1, 0.15) is 17.5 Å². The summed E-state index contributed by atoms with van der Waals surface area (Å²) in [5, 5.41) is 16.5. The third kappa shape index (κ3) is 4.35. The van der Waals surface area contributed by atoms with E-state index in [2.05, 4.69) is 10.2 Å². The molecule has 1 aliphatic heterocycles. The number of amides is 2. The lowest BCUT2D eigenvalue weighted by molar-refractivity contribution is -0.121. The molecule has 3 rings (SSSR count). The fourth-order valence-electron chi connectivity index (χ4n) is 2.65. The van der Waals surface area contributed by atoms with E-state index in [1.165, 1.54) is 23.2 Å². The first-order chi connectivity index (χ1) is 13.0. The van der Waals surface area contributed by atoms with Crippen LogP contribution in [0.25, 0.3) is 0 Å². The number of carbonyl (C=O) groups excluding carboxylic acids is 2. The molecule has 0 saturated carbocycles. The normalized spacial score (nSPS) is 17.9. The molecule has 7 nitrogen and oxygen atoms in total. The summed E-state index contributed by atoms with van der Waals surface area (Å²) in [6.45, 7) is 1.85. The van der Waals surface area contributed by atoms with Crippen LogP contribution in [0.15, 0.2) is 58.7 Å². The molecule has 1 saturated heterocycles. The van der Waals surface area contributed by atoms with E-state index in [1.54, 1.807) is 24.3 Å². The van der Waals surface area contributed by atoms with Crippen molar-refractivity contribution in [3.8, 4) is 5.75 Å². The van der Waals surface area contributed by atoms with Gasteiger partial charge in [-0.25, -0.2) is 4.90 Å². The lowest BCUT2D eigenvalue weighted by Gasteiger charge is -2.16. The van der Waals surface area contributed by atoms with E-state index in [-0.39, 0.29) is 29.2 Å². The first-order valence-corrected chi connectivity index (χ1v) is 9.08. The van der Waals surface area contributed by atoms with Crippen molar-refractivity contribution >= 4 is 40.6 Å². The number of nitrogens with two attached hydrogens (primary N) is 1. The van der Waals surface area contributed by atoms with Gasteiger partial charge >= 0.3 is 0 Å². The van der Waals surface area contributed by atoms with Crippen LogP contribution in [0.3, 0.4) is 0 Å². The maximum Gasteiger partial charge on any atom is 0.247 e. The van der Waals surface area contributed by atoms with Crippen LogP contribution >= 0.6 is 11.8 Å². The number of aryl methyl sites for hydroxylation is 1. The highest BCUT2D eigenvalue weighted by molar-refractivity contribution is 8.14. The number of nitrogens with zero attached hydrogens (tertiary/aromatic N) is 3. The quantitative estimate of drug-likeness (QED) is 0.365. The van der Waals surface area contributed by atoms with E-state index < -0.39 is 5.25 Å². The van der Waals surface area contributed by atoms with Gasteiger partial charge in [0.05, 0.1) is 11.9 Å². The van der Waals surface area contributed by atoms with Gasteiger partial charge in [0.25, 0.3) is 0 Å². The van der Waals surface area contributed by atoms with E-state index in [9.17, 15) is 14.7 Å². The third-order valence-corrected chi connectivity index (χ3v) is 4.96. The van der Waals surface area contributed by atoms with Gasteiger partial charge in [0, 0.05) is 6.42 Å². The Kier molecular flexibility index (Phi) is 5.56. The number of phenolic OH excluding ortho intramolecular Hbond substituents is 1. The minimum absolute atomic E-state index is 0.0652. The second-order valence-electron chi connectivity index (χ2n) is 5.94. The Balaban J connectivity index is 1.67. The van der Waals surface area contributed by atoms with Crippen molar-refractivity contribution in [3.63, 3.8) is 0 Å². The Morgan fingerprint density at radius 3 is 2.63 bits per heavy atom. The molecule has 1 aliphatic rings. The topological polar surface area (TPSA) is 108 Å². The molecule has 0 aliphatic carbocycles. The fraction of sp³-hybridized carbons (Fsp3) is 0.158. The standard InChI is InChI=1S/C19H18N4O3S/c1-12-4-2-3-5-15(12)23-17(25)10-16(18(23)26)27-19(20)22-21-11-13-6-8-14(24)9-7-13/h2-9,11,16,24H,10H2,1H3,(H2,20,22)/t16-/m1/s1. The smallest absolute Gasteiger partial charge is 0.247 e. The molecule has 1 atom stereocenters. The number of amidine groups is 1. The van der Waals surface area contributed by atoms with Crippen molar-refractivity contribution in [3.05, 3.63) is 59.7 Å². The van der Waals surface area contributed by atoms with E-state index in [0.29, 0.717) is 5.69 Å². The molecule has 2 aromatic carbocycles. The van der Waals surface area contributed by atoms with Gasteiger partial charge in [-0.1, -0.05) is 30.0 Å². The number of aromatic hydroxyl groups is 1. The maximum absolute atomic E-state index is 12.6. The Bertz CT molecular complexity index is 925. The molecule has 0 bridgehead atoms. The van der Waals surface area contributed by atoms with E-state index in [4.69, 9.17) is 5.73 Å². The highest BCUT2D eigenvalue weighted by Gasteiger charge is 2.41. The zero-order chi connectivity index (χ0) is 19.4. The number of hydrogen-bond acceptors (Lipinski definition) is 6. The Labute approximate surface area is 160 Å². The van der Waals surface area contributed by atoms with E-state index in [0.717, 1.165) is 22.9 Å². The lowest BCUT2D eigenvalue weighted by Crippen LogP contribution is -2.32. The summed E-state index contributed by atoms with van der Waals surface area (Å²) in [7, 11) is 0. The number of imide groups is 1. The number of thioether (sulfide) groups is 1. The average molecular weight is 382 g/mol. The number of phenols is 1.